The average Bonchev–Trinajstić information content (AvgIpc) is 2.29. The van der Waals surface area contributed by atoms with Gasteiger partial charge in [-0.25, -0.2) is 0 Å². The molecule has 0 aliphatic rings. The van der Waals surface area contributed by atoms with E-state index in [0.29, 0.717) is 5.11 Å². The maximum absolute atomic E-state index is 5.60. The maximum atomic E-state index is 5.60. The van der Waals surface area contributed by atoms with Crippen molar-refractivity contribution >= 4 is 23.5 Å². The van der Waals surface area contributed by atoms with Crippen molar-refractivity contribution in [1.29, 1.82) is 0 Å². The molecular weight excluding hydrogens is 246 g/mol. The lowest BCUT2D eigenvalue weighted by molar-refractivity contribution is 0.242. The first-order valence-electron chi connectivity index (χ1n) is 5.95. The third-order valence-electron chi connectivity index (χ3n) is 1.95. The molecule has 5 heteroatoms. The van der Waals surface area contributed by atoms with E-state index in [2.05, 4.69) is 15.8 Å². The lowest BCUT2D eigenvalue weighted by atomic mass is 10.2. The monoisotopic (exact) mass is 265 g/mol. The summed E-state index contributed by atoms with van der Waals surface area (Å²) in [5, 5.41) is 7.51. The fourth-order valence-electron chi connectivity index (χ4n) is 1.31. The van der Waals surface area contributed by atoms with Gasteiger partial charge in [-0.05, 0) is 50.7 Å². The Bertz CT molecular complexity index is 418. The Labute approximate surface area is 113 Å². The van der Waals surface area contributed by atoms with Crippen molar-refractivity contribution in [1.82, 2.24) is 10.7 Å². The minimum Gasteiger partial charge on any atom is -0.491 e. The lowest BCUT2D eigenvalue weighted by Crippen LogP contribution is -2.31. The third-order valence-corrected chi connectivity index (χ3v) is 2.18. The normalized spacial score (nSPS) is 10.7. The third kappa shape index (κ3) is 5.63. The largest absolute Gasteiger partial charge is 0.491 e. The first kappa shape index (κ1) is 14.4. The molecule has 0 atom stereocenters. The van der Waals surface area contributed by atoms with Crippen LogP contribution in [0.1, 0.15) is 26.3 Å². The quantitative estimate of drug-likeness (QED) is 0.487. The zero-order chi connectivity index (χ0) is 13.4. The van der Waals surface area contributed by atoms with Gasteiger partial charge in [-0.15, -0.1) is 0 Å². The zero-order valence-corrected chi connectivity index (χ0v) is 11.8. The van der Waals surface area contributed by atoms with Gasteiger partial charge in [-0.2, -0.15) is 5.10 Å². The molecule has 4 nitrogen and oxygen atoms in total. The molecule has 0 spiro atoms. The summed E-state index contributed by atoms with van der Waals surface area (Å²) in [5.74, 6) is 0.836. The van der Waals surface area contributed by atoms with Crippen LogP contribution < -0.4 is 15.5 Å². The minimum absolute atomic E-state index is 0.164. The molecule has 0 heterocycles. The van der Waals surface area contributed by atoms with E-state index in [1.807, 2.05) is 45.0 Å². The molecule has 0 aliphatic carbocycles. The first-order chi connectivity index (χ1) is 8.61. The second-order valence-corrected chi connectivity index (χ2v) is 4.38. The number of hydrogen-bond donors (Lipinski definition) is 2. The summed E-state index contributed by atoms with van der Waals surface area (Å²) in [4.78, 5) is 0. The Hall–Kier alpha value is -1.62. The van der Waals surface area contributed by atoms with Crippen LogP contribution in [-0.2, 0) is 0 Å². The van der Waals surface area contributed by atoms with E-state index in [9.17, 15) is 0 Å². The molecule has 1 aromatic rings. The van der Waals surface area contributed by atoms with E-state index in [0.717, 1.165) is 17.9 Å². The molecule has 98 valence electrons. The number of benzene rings is 1. The number of hydrogen-bond acceptors (Lipinski definition) is 3. The molecule has 0 radical (unpaired) electrons. The Morgan fingerprint density at radius 1 is 1.50 bits per heavy atom. The topological polar surface area (TPSA) is 45.7 Å². The second kappa shape index (κ2) is 7.66. The SMILES string of the molecule is CCNC(=S)N/N=C/c1cccc(OC(C)C)c1. The van der Waals surface area contributed by atoms with E-state index < -0.39 is 0 Å². The molecule has 0 bridgehead atoms. The number of rotatable bonds is 5. The van der Waals surface area contributed by atoms with Crippen LogP contribution in [0.2, 0.25) is 0 Å². The maximum Gasteiger partial charge on any atom is 0.186 e. The van der Waals surface area contributed by atoms with E-state index >= 15 is 0 Å². The van der Waals surface area contributed by atoms with Gasteiger partial charge >= 0.3 is 0 Å². The fraction of sp³-hybridized carbons (Fsp3) is 0.385. The van der Waals surface area contributed by atoms with Crippen LogP contribution in [-0.4, -0.2) is 24.0 Å². The number of nitrogens with zero attached hydrogens (tertiary/aromatic N) is 1. The summed E-state index contributed by atoms with van der Waals surface area (Å²) in [6.45, 7) is 6.75. The average molecular weight is 265 g/mol. The highest BCUT2D eigenvalue weighted by Gasteiger charge is 1.97. The van der Waals surface area contributed by atoms with E-state index in [1.165, 1.54) is 0 Å². The van der Waals surface area contributed by atoms with Crippen LogP contribution in [0, 0.1) is 0 Å². The summed E-state index contributed by atoms with van der Waals surface area (Å²) in [6, 6.07) is 7.74. The van der Waals surface area contributed by atoms with Crippen molar-refractivity contribution in [3.63, 3.8) is 0 Å². The highest BCUT2D eigenvalue weighted by Crippen LogP contribution is 2.13. The number of ether oxygens (including phenoxy) is 1. The van der Waals surface area contributed by atoms with Crippen LogP contribution in [0.15, 0.2) is 29.4 Å². The lowest BCUT2D eigenvalue weighted by Gasteiger charge is -2.09. The van der Waals surface area contributed by atoms with E-state index in [4.69, 9.17) is 17.0 Å². The zero-order valence-electron chi connectivity index (χ0n) is 10.9. The number of nitrogens with one attached hydrogen (secondary N) is 2. The van der Waals surface area contributed by atoms with Crippen LogP contribution in [0.5, 0.6) is 5.75 Å². The molecule has 2 N–H and O–H groups in total. The summed E-state index contributed by atoms with van der Waals surface area (Å²) in [7, 11) is 0. The standard InChI is InChI=1S/C13H19N3OS/c1-4-14-13(18)16-15-9-11-6-5-7-12(8-11)17-10(2)3/h5-10H,4H2,1-3H3,(H2,14,16,18)/b15-9+. The Morgan fingerprint density at radius 2 is 2.28 bits per heavy atom. The van der Waals surface area contributed by atoms with Gasteiger partial charge in [0.15, 0.2) is 5.11 Å². The van der Waals surface area contributed by atoms with Gasteiger partial charge in [0.2, 0.25) is 0 Å². The second-order valence-electron chi connectivity index (χ2n) is 3.97. The molecule has 0 unspecified atom stereocenters. The predicted molar refractivity (Wildman–Crippen MR) is 79.2 cm³/mol. The van der Waals surface area contributed by atoms with E-state index in [-0.39, 0.29) is 6.10 Å². The summed E-state index contributed by atoms with van der Waals surface area (Å²) < 4.78 is 5.60. The van der Waals surface area contributed by atoms with Gasteiger partial charge in [-0.1, -0.05) is 12.1 Å². The predicted octanol–water partition coefficient (Wildman–Crippen LogP) is 2.29. The molecule has 0 aromatic heterocycles. The fourth-order valence-corrected chi connectivity index (χ4v) is 1.50. The number of hydrazone groups is 1. The molecule has 1 aromatic carbocycles. The van der Waals surface area contributed by atoms with Gasteiger partial charge in [0, 0.05) is 6.54 Å². The minimum atomic E-state index is 0.164. The van der Waals surface area contributed by atoms with Gasteiger partial charge in [0.1, 0.15) is 5.75 Å². The smallest absolute Gasteiger partial charge is 0.186 e. The van der Waals surface area contributed by atoms with Crippen LogP contribution in [0.4, 0.5) is 0 Å². The van der Waals surface area contributed by atoms with Crippen molar-refractivity contribution in [2.45, 2.75) is 26.9 Å². The van der Waals surface area contributed by atoms with Crippen molar-refractivity contribution in [3.05, 3.63) is 29.8 Å². The molecular formula is C13H19N3OS. The molecule has 18 heavy (non-hydrogen) atoms. The highest BCUT2D eigenvalue weighted by molar-refractivity contribution is 7.80. The molecule has 0 fully saturated rings. The van der Waals surface area contributed by atoms with Gasteiger partial charge < -0.3 is 10.1 Å². The Morgan fingerprint density at radius 3 is 2.94 bits per heavy atom. The Balaban J connectivity index is 2.56. The molecule has 0 aliphatic heterocycles. The van der Waals surface area contributed by atoms with Crippen LogP contribution in [0.25, 0.3) is 0 Å². The highest BCUT2D eigenvalue weighted by atomic mass is 32.1. The molecule has 0 amide bonds. The van der Waals surface area contributed by atoms with Crippen molar-refractivity contribution in [2.75, 3.05) is 6.54 Å². The van der Waals surface area contributed by atoms with E-state index in [1.54, 1.807) is 6.21 Å². The summed E-state index contributed by atoms with van der Waals surface area (Å²) in [6.07, 6.45) is 1.87. The van der Waals surface area contributed by atoms with Crippen molar-refractivity contribution in [3.8, 4) is 5.75 Å². The molecule has 0 saturated heterocycles. The molecule has 0 saturated carbocycles. The summed E-state index contributed by atoms with van der Waals surface area (Å²) in [5.41, 5.74) is 3.70. The summed E-state index contributed by atoms with van der Waals surface area (Å²) >= 11 is 4.99. The first-order valence-corrected chi connectivity index (χ1v) is 6.36. The Kier molecular flexibility index (Phi) is 6.14. The molecule has 1 rings (SSSR count). The van der Waals surface area contributed by atoms with Crippen molar-refractivity contribution < 1.29 is 4.74 Å². The van der Waals surface area contributed by atoms with Gasteiger partial charge in [0.25, 0.3) is 0 Å². The van der Waals surface area contributed by atoms with Crippen LogP contribution >= 0.6 is 12.2 Å². The van der Waals surface area contributed by atoms with Crippen molar-refractivity contribution in [2.24, 2.45) is 5.10 Å². The number of thiocarbonyl (C=S) groups is 1. The van der Waals surface area contributed by atoms with Gasteiger partial charge in [-0.3, -0.25) is 5.43 Å². The van der Waals surface area contributed by atoms with Gasteiger partial charge in [0.05, 0.1) is 12.3 Å². The van der Waals surface area contributed by atoms with Crippen LogP contribution in [0.3, 0.4) is 0 Å².